The molecule has 0 fully saturated rings. The van der Waals surface area contributed by atoms with Crippen molar-refractivity contribution >= 4 is 17.0 Å². The largest absolute Gasteiger partial charge is 0.443 e. The van der Waals surface area contributed by atoms with Crippen molar-refractivity contribution in [2.45, 2.75) is 72.4 Å². The summed E-state index contributed by atoms with van der Waals surface area (Å²) in [4.78, 5) is 11.5. The molecule has 0 rings (SSSR count). The number of hydrogen-bond donors (Lipinski definition) is 1. The van der Waals surface area contributed by atoms with E-state index in [0.29, 0.717) is 0 Å². The van der Waals surface area contributed by atoms with Gasteiger partial charge in [0.05, 0.1) is 6.61 Å². The highest BCUT2D eigenvalue weighted by Gasteiger charge is 2.62. The van der Waals surface area contributed by atoms with Gasteiger partial charge in [-0.25, -0.2) is 9.00 Å². The maximum atomic E-state index is 13.3. The molecule has 6 nitrogen and oxygen atoms in total. The summed E-state index contributed by atoms with van der Waals surface area (Å²) in [7, 11) is 0. The number of alkyl halides is 5. The highest BCUT2D eigenvalue weighted by Crippen LogP contribution is 2.46. The van der Waals surface area contributed by atoms with Gasteiger partial charge in [0, 0.05) is 0 Å². The van der Waals surface area contributed by atoms with E-state index in [4.69, 9.17) is 14.0 Å². The molecule has 0 saturated carbocycles. The second kappa shape index (κ2) is 10.2. The molecule has 0 bridgehead atoms. The molecule has 0 aromatic heterocycles. The van der Waals surface area contributed by atoms with E-state index in [-0.39, 0.29) is 22.9 Å². The molecule has 180 valence electrons. The lowest BCUT2D eigenvalue weighted by atomic mass is 9.62. The van der Waals surface area contributed by atoms with Crippen LogP contribution in [0.3, 0.4) is 0 Å². The minimum absolute atomic E-state index is 0.0132. The van der Waals surface area contributed by atoms with Crippen molar-refractivity contribution in [3.63, 3.8) is 0 Å². The Balaban J connectivity index is 4.79. The third kappa shape index (κ3) is 9.11. The Hall–Kier alpha value is -0.850. The van der Waals surface area contributed by atoms with Crippen molar-refractivity contribution in [3.8, 4) is 0 Å². The van der Waals surface area contributed by atoms with Crippen molar-refractivity contribution in [1.29, 1.82) is 0 Å². The lowest BCUT2D eigenvalue weighted by Crippen LogP contribution is -2.50. The van der Waals surface area contributed by atoms with E-state index in [1.54, 1.807) is 0 Å². The fourth-order valence-corrected chi connectivity index (χ4v) is 3.10. The molecule has 0 aliphatic rings. The number of rotatable bonds is 10. The fourth-order valence-electron chi connectivity index (χ4n) is 2.74. The molecule has 0 saturated heterocycles. The SMILES string of the molecule is CC(C)(C)C[C@](C)(COCOCC(=O)OC(C(F)(F)F)C(F)(F)S(=O)O)C(C)(C)C. The molecule has 0 spiro atoms. The van der Waals surface area contributed by atoms with Gasteiger partial charge in [0.1, 0.15) is 13.4 Å². The van der Waals surface area contributed by atoms with Gasteiger partial charge in [-0.3, -0.25) is 0 Å². The number of carbonyl (C=O) groups excluding carboxylic acids is 1. The van der Waals surface area contributed by atoms with E-state index in [0.717, 1.165) is 6.42 Å². The standard InChI is InChI=1S/C18H31F5O6S/c1-14(2,3)9-16(7,15(4,5)6)10-28-11-27-8-12(24)29-13(17(19,20)21)18(22,23)30(25)26/h13H,8-11H2,1-7H3,(H,25,26)/t13?,16-/m1/s1. The number of ether oxygens (including phenoxy) is 3. The van der Waals surface area contributed by atoms with E-state index < -0.39 is 48.0 Å². The van der Waals surface area contributed by atoms with Crippen LogP contribution in [0, 0.1) is 16.2 Å². The summed E-state index contributed by atoms with van der Waals surface area (Å²) < 4.78 is 97.3. The van der Waals surface area contributed by atoms with E-state index in [2.05, 4.69) is 25.5 Å². The minimum Gasteiger partial charge on any atom is -0.443 e. The zero-order valence-corrected chi connectivity index (χ0v) is 19.0. The van der Waals surface area contributed by atoms with Gasteiger partial charge < -0.3 is 18.8 Å². The predicted molar refractivity (Wildman–Crippen MR) is 100 cm³/mol. The first-order chi connectivity index (χ1) is 13.1. The lowest BCUT2D eigenvalue weighted by Gasteiger charge is -2.45. The third-order valence-corrected chi connectivity index (χ3v) is 5.30. The van der Waals surface area contributed by atoms with Crippen LogP contribution in [-0.4, -0.2) is 52.3 Å². The maximum Gasteiger partial charge on any atom is 0.432 e. The van der Waals surface area contributed by atoms with E-state index >= 15 is 0 Å². The molecule has 12 heteroatoms. The predicted octanol–water partition coefficient (Wildman–Crippen LogP) is 4.75. The Morgan fingerprint density at radius 1 is 0.967 bits per heavy atom. The van der Waals surface area contributed by atoms with Crippen LogP contribution in [0.1, 0.15) is 54.9 Å². The van der Waals surface area contributed by atoms with Gasteiger partial charge in [-0.15, -0.1) is 0 Å². The normalized spacial score (nSPS) is 17.9. The molecule has 30 heavy (non-hydrogen) atoms. The molecule has 0 aromatic rings. The monoisotopic (exact) mass is 470 g/mol. The van der Waals surface area contributed by atoms with E-state index in [1.165, 1.54) is 0 Å². The molecule has 1 N–H and O–H groups in total. The molecule has 3 atom stereocenters. The highest BCUT2D eigenvalue weighted by atomic mass is 32.2. The molecule has 0 amide bonds. The molecule has 0 aromatic carbocycles. The summed E-state index contributed by atoms with van der Waals surface area (Å²) in [6.45, 7) is 12.9. The maximum absolute atomic E-state index is 13.3. The number of carbonyl (C=O) groups is 1. The van der Waals surface area contributed by atoms with Crippen molar-refractivity contribution in [3.05, 3.63) is 0 Å². The number of hydrogen-bond acceptors (Lipinski definition) is 5. The van der Waals surface area contributed by atoms with Crippen molar-refractivity contribution < 1.29 is 49.7 Å². The third-order valence-electron chi connectivity index (χ3n) is 4.62. The fraction of sp³-hybridized carbons (Fsp3) is 0.944. The van der Waals surface area contributed by atoms with Gasteiger partial charge in [0.25, 0.3) is 6.10 Å². The van der Waals surface area contributed by atoms with Crippen LogP contribution in [0.5, 0.6) is 0 Å². The van der Waals surface area contributed by atoms with Crippen LogP contribution >= 0.6 is 0 Å². The van der Waals surface area contributed by atoms with Crippen LogP contribution in [0.2, 0.25) is 0 Å². The van der Waals surface area contributed by atoms with Gasteiger partial charge in [-0.2, -0.15) is 22.0 Å². The Morgan fingerprint density at radius 2 is 1.47 bits per heavy atom. The number of halogens is 5. The second-order valence-corrected chi connectivity index (χ2v) is 10.6. The minimum atomic E-state index is -5.75. The quantitative estimate of drug-likeness (QED) is 0.163. The van der Waals surface area contributed by atoms with E-state index in [1.807, 2.05) is 27.7 Å². The zero-order chi connectivity index (χ0) is 24.2. The Bertz CT molecular complexity index is 597. The molecule has 0 aliphatic heterocycles. The Morgan fingerprint density at radius 3 is 1.83 bits per heavy atom. The molecular weight excluding hydrogens is 439 g/mol. The van der Waals surface area contributed by atoms with Crippen LogP contribution in [0.15, 0.2) is 0 Å². The smallest absolute Gasteiger partial charge is 0.432 e. The van der Waals surface area contributed by atoms with Crippen LogP contribution in [0.25, 0.3) is 0 Å². The molecular formula is C18H31F5O6S. The summed E-state index contributed by atoms with van der Waals surface area (Å²) >= 11 is -4.20. The average Bonchev–Trinajstić information content (AvgIpc) is 2.48. The van der Waals surface area contributed by atoms with E-state index in [9.17, 15) is 31.0 Å². The van der Waals surface area contributed by atoms with Crippen LogP contribution < -0.4 is 0 Å². The van der Waals surface area contributed by atoms with Crippen LogP contribution in [0.4, 0.5) is 22.0 Å². The first-order valence-electron chi connectivity index (χ1n) is 9.04. The Labute approximate surface area is 176 Å². The number of esters is 1. The molecule has 0 radical (unpaired) electrons. The summed E-state index contributed by atoms with van der Waals surface area (Å²) in [5.41, 5.74) is -0.477. The molecule has 0 heterocycles. The summed E-state index contributed by atoms with van der Waals surface area (Å²) in [6, 6.07) is 0. The summed E-state index contributed by atoms with van der Waals surface area (Å²) in [5.74, 6) is -1.78. The van der Waals surface area contributed by atoms with Gasteiger partial charge in [-0.05, 0) is 22.7 Å². The summed E-state index contributed by atoms with van der Waals surface area (Å²) in [6.07, 6.45) is -9.05. The topological polar surface area (TPSA) is 82.1 Å². The second-order valence-electron chi connectivity index (χ2n) is 9.59. The van der Waals surface area contributed by atoms with Gasteiger partial charge >= 0.3 is 17.4 Å². The van der Waals surface area contributed by atoms with Crippen molar-refractivity contribution in [2.75, 3.05) is 20.0 Å². The average molecular weight is 470 g/mol. The van der Waals surface area contributed by atoms with Crippen molar-refractivity contribution in [1.82, 2.24) is 0 Å². The zero-order valence-electron chi connectivity index (χ0n) is 18.2. The van der Waals surface area contributed by atoms with Crippen molar-refractivity contribution in [2.24, 2.45) is 16.2 Å². The first kappa shape index (κ1) is 29.1. The summed E-state index contributed by atoms with van der Waals surface area (Å²) in [5, 5.41) is -5.23. The molecule has 2 unspecified atom stereocenters. The van der Waals surface area contributed by atoms with Gasteiger partial charge in [0.2, 0.25) is 11.1 Å². The molecule has 0 aliphatic carbocycles. The van der Waals surface area contributed by atoms with Gasteiger partial charge in [-0.1, -0.05) is 48.5 Å². The first-order valence-corrected chi connectivity index (χ1v) is 10.1. The van der Waals surface area contributed by atoms with Gasteiger partial charge in [0.15, 0.2) is 0 Å². The Kier molecular flexibility index (Phi) is 9.89. The lowest BCUT2D eigenvalue weighted by molar-refractivity contribution is -0.260. The van der Waals surface area contributed by atoms with Crippen LogP contribution in [-0.2, 0) is 30.1 Å². The highest BCUT2D eigenvalue weighted by molar-refractivity contribution is 7.80.